The maximum Gasteiger partial charge on any atom is 0.250 e. The van der Waals surface area contributed by atoms with Crippen LogP contribution in [0.25, 0.3) is 10.9 Å². The highest BCUT2D eigenvalue weighted by Gasteiger charge is 2.30. The van der Waals surface area contributed by atoms with Crippen LogP contribution in [0.2, 0.25) is 0 Å². The van der Waals surface area contributed by atoms with E-state index in [1.165, 1.54) is 22.0 Å². The molecule has 7 heteroatoms. The average Bonchev–Trinajstić information content (AvgIpc) is 3.38. The number of rotatable bonds is 4. The number of nitrogens with zero attached hydrogens (tertiary/aromatic N) is 4. The van der Waals surface area contributed by atoms with E-state index in [-0.39, 0.29) is 11.9 Å². The molecule has 140 valence electrons. The molecular weight excluding hydrogens is 352 g/mol. The second-order valence-electron chi connectivity index (χ2n) is 7.12. The van der Waals surface area contributed by atoms with Gasteiger partial charge in [-0.1, -0.05) is 48.5 Å². The summed E-state index contributed by atoms with van der Waals surface area (Å²) in [5.41, 5.74) is 4.39. The van der Waals surface area contributed by atoms with Gasteiger partial charge in [-0.3, -0.25) is 4.79 Å². The number of aromatic amines is 1. The third-order valence-corrected chi connectivity index (χ3v) is 5.42. The van der Waals surface area contributed by atoms with Crippen LogP contribution in [-0.2, 0) is 11.2 Å². The summed E-state index contributed by atoms with van der Waals surface area (Å²) in [5.74, 6) is -0.116. The number of aromatic nitrogens is 5. The molecule has 0 saturated carbocycles. The molecule has 28 heavy (non-hydrogen) atoms. The summed E-state index contributed by atoms with van der Waals surface area (Å²) in [7, 11) is 0. The number of nitrogens with one attached hydrogen (secondary N) is 2. The molecule has 0 bridgehead atoms. The fraction of sp³-hybridized carbons (Fsp3) is 0.238. The predicted molar refractivity (Wildman–Crippen MR) is 105 cm³/mol. The van der Waals surface area contributed by atoms with Crippen molar-refractivity contribution in [1.29, 1.82) is 0 Å². The van der Waals surface area contributed by atoms with Gasteiger partial charge in [0.05, 0.1) is 6.04 Å². The van der Waals surface area contributed by atoms with Gasteiger partial charge < -0.3 is 10.3 Å². The molecule has 0 saturated heterocycles. The molecule has 1 aliphatic carbocycles. The minimum atomic E-state index is -0.606. The average molecular weight is 372 g/mol. The van der Waals surface area contributed by atoms with Gasteiger partial charge in [0.1, 0.15) is 6.33 Å². The number of H-pyrrole nitrogens is 1. The molecule has 2 N–H and O–H groups in total. The van der Waals surface area contributed by atoms with Crippen molar-refractivity contribution in [2.24, 2.45) is 0 Å². The molecule has 2 aromatic heterocycles. The molecule has 1 amide bonds. The Morgan fingerprint density at radius 2 is 1.96 bits per heavy atom. The Balaban J connectivity index is 1.48. The Morgan fingerprint density at radius 3 is 2.79 bits per heavy atom. The molecule has 4 aromatic rings. The number of fused-ring (bicyclic) bond motifs is 3. The molecule has 0 unspecified atom stereocenters. The molecule has 0 radical (unpaired) electrons. The lowest BCUT2D eigenvalue weighted by Crippen LogP contribution is -2.37. The third kappa shape index (κ3) is 2.85. The summed E-state index contributed by atoms with van der Waals surface area (Å²) < 4.78 is 1.50. The zero-order valence-corrected chi connectivity index (χ0v) is 15.2. The van der Waals surface area contributed by atoms with E-state index in [2.05, 4.69) is 44.0 Å². The smallest absolute Gasteiger partial charge is 0.250 e. The summed E-state index contributed by atoms with van der Waals surface area (Å²) in [6.07, 6.45) is 4.46. The van der Waals surface area contributed by atoms with Gasteiger partial charge in [0.2, 0.25) is 5.91 Å². The first-order valence-electron chi connectivity index (χ1n) is 9.48. The number of para-hydroxylation sites is 1. The van der Waals surface area contributed by atoms with Gasteiger partial charge in [-0.25, -0.2) is 4.68 Å². The Hall–Kier alpha value is -3.48. The van der Waals surface area contributed by atoms with Crippen molar-refractivity contribution >= 4 is 16.8 Å². The fourth-order valence-electron chi connectivity index (χ4n) is 4.16. The van der Waals surface area contributed by atoms with Crippen LogP contribution in [0.1, 0.15) is 41.7 Å². The summed E-state index contributed by atoms with van der Waals surface area (Å²) in [6, 6.07) is 17.2. The molecule has 0 fully saturated rings. The van der Waals surface area contributed by atoms with Gasteiger partial charge in [0.25, 0.3) is 0 Å². The molecule has 2 heterocycles. The number of carbonyl (C=O) groups is 1. The quantitative estimate of drug-likeness (QED) is 0.576. The maximum absolute atomic E-state index is 13.3. The second kappa shape index (κ2) is 6.92. The van der Waals surface area contributed by atoms with E-state index in [4.69, 9.17) is 0 Å². The number of benzene rings is 2. The maximum atomic E-state index is 13.3. The van der Waals surface area contributed by atoms with E-state index in [0.717, 1.165) is 36.0 Å². The Labute approximate surface area is 161 Å². The fourth-order valence-corrected chi connectivity index (χ4v) is 4.16. The molecule has 7 nitrogen and oxygen atoms in total. The number of amides is 1. The predicted octanol–water partition coefficient (Wildman–Crippen LogP) is 2.94. The highest BCUT2D eigenvalue weighted by Crippen LogP contribution is 2.35. The monoisotopic (exact) mass is 372 g/mol. The first kappa shape index (κ1) is 16.7. The summed E-state index contributed by atoms with van der Waals surface area (Å²) in [6.45, 7) is 0. The highest BCUT2D eigenvalue weighted by molar-refractivity contribution is 5.87. The van der Waals surface area contributed by atoms with Crippen molar-refractivity contribution in [2.75, 3.05) is 0 Å². The lowest BCUT2D eigenvalue weighted by Gasteiger charge is -2.26. The van der Waals surface area contributed by atoms with E-state index in [0.29, 0.717) is 0 Å². The van der Waals surface area contributed by atoms with Crippen LogP contribution in [-0.4, -0.2) is 31.1 Å². The standard InChI is InChI=1S/C21H20N6O/c28-21(20(27-13-22-25-26-27)14-7-2-1-3-8-14)24-18-12-6-10-16-15-9-4-5-11-17(15)23-19(16)18/h1-5,7-9,11,13,18,20,23H,6,10,12H2,(H,24,28)/t18-,20-/m1/s1. The van der Waals surface area contributed by atoms with Crippen LogP contribution < -0.4 is 5.32 Å². The number of tetrazole rings is 1. The lowest BCUT2D eigenvalue weighted by atomic mass is 9.91. The summed E-state index contributed by atoms with van der Waals surface area (Å²) >= 11 is 0. The zero-order valence-electron chi connectivity index (χ0n) is 15.2. The van der Waals surface area contributed by atoms with Crippen molar-refractivity contribution < 1.29 is 4.79 Å². The normalized spacial score (nSPS) is 17.2. The van der Waals surface area contributed by atoms with Crippen molar-refractivity contribution in [3.63, 3.8) is 0 Å². The van der Waals surface area contributed by atoms with E-state index in [1.54, 1.807) is 0 Å². The van der Waals surface area contributed by atoms with Crippen molar-refractivity contribution in [1.82, 2.24) is 30.5 Å². The lowest BCUT2D eigenvalue weighted by molar-refractivity contribution is -0.124. The van der Waals surface area contributed by atoms with Crippen LogP contribution in [0.3, 0.4) is 0 Å². The van der Waals surface area contributed by atoms with E-state index < -0.39 is 6.04 Å². The van der Waals surface area contributed by atoms with Crippen LogP contribution >= 0.6 is 0 Å². The third-order valence-electron chi connectivity index (χ3n) is 5.42. The molecule has 0 spiro atoms. The Bertz CT molecular complexity index is 1100. The highest BCUT2D eigenvalue weighted by atomic mass is 16.2. The molecule has 1 aliphatic rings. The van der Waals surface area contributed by atoms with E-state index >= 15 is 0 Å². The van der Waals surface area contributed by atoms with Crippen molar-refractivity contribution in [3.8, 4) is 0 Å². The number of hydrogen-bond acceptors (Lipinski definition) is 4. The number of aryl methyl sites for hydroxylation is 1. The topological polar surface area (TPSA) is 88.5 Å². The molecular formula is C21H20N6O. The SMILES string of the molecule is O=C(N[C@@H]1CCCc2c1[nH]c1ccccc21)[C@@H](c1ccccc1)n1cnnn1. The number of hydrogen-bond donors (Lipinski definition) is 2. The Kier molecular flexibility index (Phi) is 4.12. The first-order valence-corrected chi connectivity index (χ1v) is 9.48. The van der Waals surface area contributed by atoms with Crippen molar-refractivity contribution in [2.45, 2.75) is 31.3 Å². The summed E-state index contributed by atoms with van der Waals surface area (Å²) in [4.78, 5) is 16.8. The van der Waals surface area contributed by atoms with Crippen LogP contribution in [0.4, 0.5) is 0 Å². The van der Waals surface area contributed by atoms with Crippen LogP contribution in [0.5, 0.6) is 0 Å². The van der Waals surface area contributed by atoms with Gasteiger partial charge in [-0.05, 0) is 46.9 Å². The zero-order chi connectivity index (χ0) is 18.9. The van der Waals surface area contributed by atoms with E-state index in [1.807, 2.05) is 36.4 Å². The van der Waals surface area contributed by atoms with Gasteiger partial charge in [-0.15, -0.1) is 5.10 Å². The largest absolute Gasteiger partial charge is 0.356 e. The number of carbonyl (C=O) groups excluding carboxylic acids is 1. The minimum absolute atomic E-state index is 0.0497. The van der Waals surface area contributed by atoms with Gasteiger partial charge in [0, 0.05) is 16.6 Å². The Morgan fingerprint density at radius 1 is 1.14 bits per heavy atom. The van der Waals surface area contributed by atoms with Crippen molar-refractivity contribution in [3.05, 3.63) is 77.7 Å². The van der Waals surface area contributed by atoms with E-state index in [9.17, 15) is 4.79 Å². The van der Waals surface area contributed by atoms with Gasteiger partial charge >= 0.3 is 0 Å². The molecule has 2 atom stereocenters. The summed E-state index contributed by atoms with van der Waals surface area (Å²) in [5, 5.41) is 15.9. The van der Waals surface area contributed by atoms with Crippen LogP contribution in [0, 0.1) is 0 Å². The first-order chi connectivity index (χ1) is 13.8. The molecule has 2 aromatic carbocycles. The molecule has 5 rings (SSSR count). The minimum Gasteiger partial charge on any atom is -0.356 e. The second-order valence-corrected chi connectivity index (χ2v) is 7.12. The van der Waals surface area contributed by atoms with Crippen LogP contribution in [0.15, 0.2) is 60.9 Å². The molecule has 0 aliphatic heterocycles. The van der Waals surface area contributed by atoms with Gasteiger partial charge in [0.15, 0.2) is 6.04 Å². The van der Waals surface area contributed by atoms with Gasteiger partial charge in [-0.2, -0.15) is 0 Å².